The maximum absolute atomic E-state index is 12.6. The molecule has 0 bridgehead atoms. The van der Waals surface area contributed by atoms with E-state index in [0.717, 1.165) is 27.6 Å². The van der Waals surface area contributed by atoms with Crippen LogP contribution in [0.3, 0.4) is 0 Å². The number of halogens is 2. The third kappa shape index (κ3) is 3.01. The minimum absolute atomic E-state index is 0.0204. The summed E-state index contributed by atoms with van der Waals surface area (Å²) in [7, 11) is 0. The zero-order valence-electron chi connectivity index (χ0n) is 13.3. The molecule has 4 heteroatoms. The monoisotopic (exact) mass is 345 g/mol. The number of pyridine rings is 1. The first-order chi connectivity index (χ1) is 10.9. The van der Waals surface area contributed by atoms with E-state index in [1.165, 1.54) is 5.56 Å². The van der Waals surface area contributed by atoms with Crippen molar-refractivity contribution in [3.63, 3.8) is 0 Å². The van der Waals surface area contributed by atoms with Gasteiger partial charge in [-0.05, 0) is 55.7 Å². The molecule has 0 aliphatic carbocycles. The number of fused-ring (bicyclic) bond motifs is 1. The molecule has 118 valence electrons. The summed E-state index contributed by atoms with van der Waals surface area (Å²) in [4.78, 5) is 12.6. The highest BCUT2D eigenvalue weighted by atomic mass is 35.5. The summed E-state index contributed by atoms with van der Waals surface area (Å²) in [5, 5.41) is 2.27. The lowest BCUT2D eigenvalue weighted by Gasteiger charge is -2.16. The second kappa shape index (κ2) is 6.03. The Balaban J connectivity index is 2.27. The first-order valence-corrected chi connectivity index (χ1v) is 8.18. The smallest absolute Gasteiger partial charge is 0.251 e. The van der Waals surface area contributed by atoms with Gasteiger partial charge in [0.05, 0.1) is 12.1 Å². The summed E-state index contributed by atoms with van der Waals surface area (Å²) in [5.74, 6) is 0. The predicted molar refractivity (Wildman–Crippen MR) is 98.0 cm³/mol. The van der Waals surface area contributed by atoms with Crippen LogP contribution in [0.1, 0.15) is 22.3 Å². The van der Waals surface area contributed by atoms with Crippen LogP contribution in [-0.2, 0) is 6.54 Å². The third-order valence-corrected chi connectivity index (χ3v) is 4.68. The summed E-state index contributed by atoms with van der Waals surface area (Å²) in [5.41, 5.74) is 5.09. The first-order valence-electron chi connectivity index (χ1n) is 7.42. The molecule has 3 rings (SSSR count). The molecule has 2 aromatic carbocycles. The lowest BCUT2D eigenvalue weighted by molar-refractivity contribution is 0.790. The van der Waals surface area contributed by atoms with Crippen LogP contribution >= 0.6 is 23.2 Å². The third-order valence-electron chi connectivity index (χ3n) is 4.09. The van der Waals surface area contributed by atoms with Gasteiger partial charge in [0, 0.05) is 21.5 Å². The van der Waals surface area contributed by atoms with Crippen molar-refractivity contribution >= 4 is 34.1 Å². The molecule has 0 amide bonds. The molecule has 1 heterocycles. The van der Waals surface area contributed by atoms with Gasteiger partial charge in [-0.15, -0.1) is 0 Å². The fourth-order valence-corrected chi connectivity index (χ4v) is 3.52. The van der Waals surface area contributed by atoms with Gasteiger partial charge in [0.2, 0.25) is 0 Å². The average molecular weight is 346 g/mol. The molecule has 0 fully saturated rings. The van der Waals surface area contributed by atoms with Crippen molar-refractivity contribution in [3.05, 3.63) is 79.1 Å². The molecule has 0 atom stereocenters. The second-order valence-electron chi connectivity index (χ2n) is 5.97. The van der Waals surface area contributed by atoms with Crippen LogP contribution in [0, 0.1) is 20.8 Å². The Morgan fingerprint density at radius 2 is 1.70 bits per heavy atom. The lowest BCUT2D eigenvalue weighted by Crippen LogP contribution is -2.21. The fraction of sp³-hybridized carbons (Fsp3) is 0.211. The zero-order chi connectivity index (χ0) is 16.7. The van der Waals surface area contributed by atoms with Crippen LogP contribution in [0.25, 0.3) is 10.9 Å². The molecule has 0 saturated carbocycles. The van der Waals surface area contributed by atoms with Gasteiger partial charge in [-0.2, -0.15) is 0 Å². The highest BCUT2D eigenvalue weighted by Crippen LogP contribution is 2.25. The molecular weight excluding hydrogens is 329 g/mol. The quantitative estimate of drug-likeness (QED) is 0.619. The van der Waals surface area contributed by atoms with E-state index in [1.54, 1.807) is 22.8 Å². The molecule has 0 radical (unpaired) electrons. The fourth-order valence-electron chi connectivity index (χ4n) is 3.05. The van der Waals surface area contributed by atoms with Crippen molar-refractivity contribution in [1.82, 2.24) is 4.57 Å². The normalized spacial score (nSPS) is 11.2. The largest absolute Gasteiger partial charge is 0.304 e. The van der Waals surface area contributed by atoms with E-state index in [0.29, 0.717) is 16.6 Å². The van der Waals surface area contributed by atoms with Crippen molar-refractivity contribution in [2.24, 2.45) is 0 Å². The van der Waals surface area contributed by atoms with Gasteiger partial charge < -0.3 is 4.57 Å². The van der Waals surface area contributed by atoms with Crippen LogP contribution in [0.15, 0.2) is 41.2 Å². The zero-order valence-corrected chi connectivity index (χ0v) is 14.8. The first kappa shape index (κ1) is 16.1. The summed E-state index contributed by atoms with van der Waals surface area (Å²) < 4.78 is 1.78. The van der Waals surface area contributed by atoms with Crippen LogP contribution in [0.5, 0.6) is 0 Å². The summed E-state index contributed by atoms with van der Waals surface area (Å²) in [6, 6.07) is 11.3. The van der Waals surface area contributed by atoms with E-state index in [9.17, 15) is 4.79 Å². The Labute approximate surface area is 145 Å². The number of hydrogen-bond acceptors (Lipinski definition) is 1. The molecule has 23 heavy (non-hydrogen) atoms. The van der Waals surface area contributed by atoms with Gasteiger partial charge in [0.1, 0.15) is 0 Å². The van der Waals surface area contributed by atoms with Gasteiger partial charge >= 0.3 is 0 Å². The highest BCUT2D eigenvalue weighted by Gasteiger charge is 2.11. The van der Waals surface area contributed by atoms with E-state index in [1.807, 2.05) is 19.9 Å². The number of nitrogens with zero attached hydrogens (tertiary/aromatic N) is 1. The molecular formula is C19H17Cl2NO. The van der Waals surface area contributed by atoms with Crippen LogP contribution in [0.2, 0.25) is 10.0 Å². The molecule has 0 aliphatic rings. The maximum Gasteiger partial charge on any atom is 0.251 e. The number of aryl methyl sites for hydroxylation is 3. The Morgan fingerprint density at radius 3 is 2.39 bits per heavy atom. The molecule has 2 nitrogen and oxygen atoms in total. The van der Waals surface area contributed by atoms with Crippen molar-refractivity contribution < 1.29 is 0 Å². The minimum atomic E-state index is -0.0204. The standard InChI is InChI=1S/C19H17Cl2NO/c1-11-6-13(3)19-16(7-11)12(2)8-18(23)22(19)10-14-4-5-15(20)9-17(14)21/h4-9H,10H2,1-3H3. The van der Waals surface area contributed by atoms with Crippen molar-refractivity contribution in [2.45, 2.75) is 27.3 Å². The van der Waals surface area contributed by atoms with Crippen LogP contribution in [0.4, 0.5) is 0 Å². The highest BCUT2D eigenvalue weighted by molar-refractivity contribution is 6.35. The Hall–Kier alpha value is -1.77. The van der Waals surface area contributed by atoms with Gasteiger partial charge in [0.25, 0.3) is 5.56 Å². The Kier molecular flexibility index (Phi) is 4.22. The molecule has 3 aromatic rings. The van der Waals surface area contributed by atoms with Gasteiger partial charge in [-0.1, -0.05) is 40.9 Å². The van der Waals surface area contributed by atoms with Gasteiger partial charge in [0.15, 0.2) is 0 Å². The van der Waals surface area contributed by atoms with E-state index >= 15 is 0 Å². The van der Waals surface area contributed by atoms with E-state index in [4.69, 9.17) is 23.2 Å². The summed E-state index contributed by atoms with van der Waals surface area (Å²) in [6.45, 7) is 6.50. The van der Waals surface area contributed by atoms with Gasteiger partial charge in [-0.25, -0.2) is 0 Å². The molecule has 0 unspecified atom stereocenters. The van der Waals surface area contributed by atoms with Gasteiger partial charge in [-0.3, -0.25) is 4.79 Å². The SMILES string of the molecule is Cc1cc(C)c2c(c1)c(C)cc(=O)n2Cc1ccc(Cl)cc1Cl. The number of rotatable bonds is 2. The van der Waals surface area contributed by atoms with E-state index in [-0.39, 0.29) is 5.56 Å². The maximum atomic E-state index is 12.6. The van der Waals surface area contributed by atoms with E-state index < -0.39 is 0 Å². The van der Waals surface area contributed by atoms with Crippen LogP contribution < -0.4 is 5.56 Å². The number of aromatic nitrogens is 1. The molecule has 0 N–H and O–H groups in total. The topological polar surface area (TPSA) is 22.0 Å². The Morgan fingerprint density at radius 1 is 0.957 bits per heavy atom. The molecule has 1 aromatic heterocycles. The lowest BCUT2D eigenvalue weighted by atomic mass is 10.0. The number of hydrogen-bond donors (Lipinski definition) is 0. The second-order valence-corrected chi connectivity index (χ2v) is 6.81. The molecule has 0 saturated heterocycles. The Bertz CT molecular complexity index is 973. The van der Waals surface area contributed by atoms with Crippen LogP contribution in [-0.4, -0.2) is 4.57 Å². The predicted octanol–water partition coefficient (Wildman–Crippen LogP) is 5.28. The molecule has 0 spiro atoms. The average Bonchev–Trinajstić information content (AvgIpc) is 2.45. The van der Waals surface area contributed by atoms with E-state index in [2.05, 4.69) is 19.1 Å². The van der Waals surface area contributed by atoms with Crippen molar-refractivity contribution in [2.75, 3.05) is 0 Å². The summed E-state index contributed by atoms with van der Waals surface area (Å²) >= 11 is 12.2. The molecule has 0 aliphatic heterocycles. The minimum Gasteiger partial charge on any atom is -0.304 e. The number of benzene rings is 2. The van der Waals surface area contributed by atoms with Crippen molar-refractivity contribution in [1.29, 1.82) is 0 Å². The summed E-state index contributed by atoms with van der Waals surface area (Å²) in [6.07, 6.45) is 0. The van der Waals surface area contributed by atoms with Crippen molar-refractivity contribution in [3.8, 4) is 0 Å².